The van der Waals surface area contributed by atoms with Gasteiger partial charge in [-0.2, -0.15) is 8.75 Å². The molecule has 0 aliphatic carbocycles. The number of ether oxygens (including phenoxy) is 1. The number of hydrogen-bond acceptors (Lipinski definition) is 6. The van der Waals surface area contributed by atoms with Gasteiger partial charge in [-0.05, 0) is 77.7 Å². The number of likely N-dealkylation sites (N-methyl/N-ethyl adjacent to an activating group) is 1. The molecule has 0 aliphatic heterocycles. The van der Waals surface area contributed by atoms with Crippen molar-refractivity contribution in [1.82, 2.24) is 14.1 Å². The smallest absolute Gasteiger partial charge is 0.119 e. The van der Waals surface area contributed by atoms with Gasteiger partial charge in [0.2, 0.25) is 0 Å². The van der Waals surface area contributed by atoms with E-state index in [-0.39, 0.29) is 5.75 Å². The molecule has 6 heteroatoms. The quantitative estimate of drug-likeness (QED) is 0.290. The normalized spacial score (nSPS) is 12.1. The number of phenolic OH excluding ortho intramolecular Hbond substituents is 1. The van der Waals surface area contributed by atoms with Gasteiger partial charge in [0, 0.05) is 6.54 Å². The van der Waals surface area contributed by atoms with Crippen LogP contribution in [0.5, 0.6) is 11.5 Å². The lowest BCUT2D eigenvalue weighted by Gasteiger charge is -2.17. The minimum Gasteiger partial charge on any atom is -0.508 e. The molecule has 4 aromatic rings. The minimum atomic E-state index is 0.254. The van der Waals surface area contributed by atoms with Crippen molar-refractivity contribution in [2.75, 3.05) is 20.2 Å². The number of nitrogens with one attached hydrogen (secondary N) is 1. The lowest BCUT2D eigenvalue weighted by Crippen LogP contribution is -2.15. The zero-order valence-corrected chi connectivity index (χ0v) is 18.4. The van der Waals surface area contributed by atoms with E-state index in [4.69, 9.17) is 4.74 Å². The van der Waals surface area contributed by atoms with Gasteiger partial charge < -0.3 is 15.2 Å². The van der Waals surface area contributed by atoms with Gasteiger partial charge in [0.15, 0.2) is 0 Å². The van der Waals surface area contributed by atoms with E-state index in [9.17, 15) is 5.11 Å². The van der Waals surface area contributed by atoms with E-state index in [1.165, 1.54) is 17.3 Å². The Morgan fingerprint density at radius 3 is 2.23 bits per heavy atom. The Bertz CT molecular complexity index is 1180. The highest BCUT2D eigenvalue weighted by atomic mass is 32.1. The van der Waals surface area contributed by atoms with Gasteiger partial charge >= 0.3 is 0 Å². The number of benzene rings is 3. The van der Waals surface area contributed by atoms with E-state index in [1.54, 1.807) is 12.1 Å². The monoisotopic (exact) mass is 431 g/mol. The number of aromatic nitrogens is 2. The Morgan fingerprint density at radius 1 is 0.903 bits per heavy atom. The van der Waals surface area contributed by atoms with Gasteiger partial charge in [0.25, 0.3) is 0 Å². The number of phenols is 1. The molecule has 1 heterocycles. The second kappa shape index (κ2) is 9.73. The highest BCUT2D eigenvalue weighted by Crippen LogP contribution is 2.36. The molecule has 0 saturated heterocycles. The van der Waals surface area contributed by atoms with Crippen LogP contribution in [0.15, 0.2) is 66.7 Å². The van der Waals surface area contributed by atoms with Crippen LogP contribution in [0.25, 0.3) is 22.2 Å². The molecule has 0 saturated carbocycles. The van der Waals surface area contributed by atoms with Crippen LogP contribution in [0.4, 0.5) is 0 Å². The molecule has 2 N–H and O–H groups in total. The molecule has 31 heavy (non-hydrogen) atoms. The van der Waals surface area contributed by atoms with Crippen LogP contribution in [0.3, 0.4) is 0 Å². The fourth-order valence-corrected chi connectivity index (χ4v) is 4.14. The van der Waals surface area contributed by atoms with E-state index < -0.39 is 0 Å². The Hall–Kier alpha value is -3.22. The molecule has 4 rings (SSSR count). The van der Waals surface area contributed by atoms with E-state index in [2.05, 4.69) is 45.3 Å². The number of allylic oxidation sites excluding steroid dienone is 1. The highest BCUT2D eigenvalue weighted by molar-refractivity contribution is 7.00. The van der Waals surface area contributed by atoms with E-state index in [1.807, 2.05) is 37.4 Å². The Kier molecular flexibility index (Phi) is 6.60. The lowest BCUT2D eigenvalue weighted by molar-refractivity contribution is 0.318. The predicted molar refractivity (Wildman–Crippen MR) is 128 cm³/mol. The van der Waals surface area contributed by atoms with Gasteiger partial charge in [-0.15, -0.1) is 0 Å². The van der Waals surface area contributed by atoms with Gasteiger partial charge in [-0.3, -0.25) is 0 Å². The number of hydrogen-bond donors (Lipinski definition) is 2. The molecule has 0 radical (unpaired) electrons. The molecular weight excluding hydrogens is 406 g/mol. The second-order valence-electron chi connectivity index (χ2n) is 7.20. The molecule has 3 aromatic carbocycles. The SMILES string of the molecule is CC/C(=C(/c1ccc(O)cc1)c1ccc(OCCNC)cc1)c1ccc2nsnc2c1. The Morgan fingerprint density at radius 2 is 1.55 bits per heavy atom. The Labute approximate surface area is 186 Å². The molecule has 158 valence electrons. The van der Waals surface area contributed by atoms with Gasteiger partial charge in [-0.25, -0.2) is 0 Å². The maximum atomic E-state index is 9.80. The fourth-order valence-electron chi connectivity index (χ4n) is 3.63. The summed E-state index contributed by atoms with van der Waals surface area (Å²) in [5.41, 5.74) is 7.44. The van der Waals surface area contributed by atoms with Crippen molar-refractivity contribution in [1.29, 1.82) is 0 Å². The summed E-state index contributed by atoms with van der Waals surface area (Å²) in [5, 5.41) is 12.9. The highest BCUT2D eigenvalue weighted by Gasteiger charge is 2.14. The standard InChI is InChI=1S/C25H25N3O2S/c1-3-22(19-8-13-23-24(16-19)28-31-27-23)25(17-4-9-20(29)10-5-17)18-6-11-21(12-7-18)30-15-14-26-2/h4-13,16,26,29H,3,14-15H2,1-2H3/b25-22+. The first-order valence-electron chi connectivity index (χ1n) is 10.3. The molecular formula is C25H25N3O2S. The molecule has 1 aromatic heterocycles. The first-order valence-corrected chi connectivity index (χ1v) is 11.1. The molecule has 0 bridgehead atoms. The zero-order valence-electron chi connectivity index (χ0n) is 17.6. The molecule has 0 atom stereocenters. The molecule has 0 amide bonds. The molecule has 0 aliphatic rings. The molecule has 5 nitrogen and oxygen atoms in total. The summed E-state index contributed by atoms with van der Waals surface area (Å²) >= 11 is 1.23. The minimum absolute atomic E-state index is 0.254. The summed E-state index contributed by atoms with van der Waals surface area (Å²) in [6.07, 6.45) is 0.847. The third-order valence-corrected chi connectivity index (χ3v) is 5.73. The summed E-state index contributed by atoms with van der Waals surface area (Å²) < 4.78 is 14.5. The van der Waals surface area contributed by atoms with Crippen LogP contribution in [0, 0.1) is 0 Å². The van der Waals surface area contributed by atoms with E-state index >= 15 is 0 Å². The molecule has 0 fully saturated rings. The van der Waals surface area contributed by atoms with Crippen LogP contribution in [0.1, 0.15) is 30.0 Å². The van der Waals surface area contributed by atoms with Crippen LogP contribution in [0.2, 0.25) is 0 Å². The summed E-state index contributed by atoms with van der Waals surface area (Å²) in [6.45, 7) is 3.58. The van der Waals surface area contributed by atoms with Crippen molar-refractivity contribution in [3.8, 4) is 11.5 Å². The van der Waals surface area contributed by atoms with Gasteiger partial charge in [0.05, 0.1) is 11.7 Å². The van der Waals surface area contributed by atoms with Crippen LogP contribution in [-0.2, 0) is 0 Å². The fraction of sp³-hybridized carbons (Fsp3) is 0.200. The maximum Gasteiger partial charge on any atom is 0.119 e. The predicted octanol–water partition coefficient (Wildman–Crippen LogP) is 5.36. The first-order chi connectivity index (χ1) is 15.2. The first kappa shape index (κ1) is 21.0. The van der Waals surface area contributed by atoms with Gasteiger partial charge in [-0.1, -0.05) is 37.3 Å². The third kappa shape index (κ3) is 4.76. The number of nitrogens with zero attached hydrogens (tertiary/aromatic N) is 2. The average Bonchev–Trinajstić information content (AvgIpc) is 3.27. The van der Waals surface area contributed by atoms with Crippen molar-refractivity contribution >= 4 is 33.9 Å². The van der Waals surface area contributed by atoms with Crippen molar-refractivity contribution < 1.29 is 9.84 Å². The molecule has 0 spiro atoms. The Balaban J connectivity index is 1.82. The van der Waals surface area contributed by atoms with Crippen molar-refractivity contribution in [3.05, 3.63) is 83.4 Å². The summed E-state index contributed by atoms with van der Waals surface area (Å²) in [5.74, 6) is 1.10. The third-order valence-electron chi connectivity index (χ3n) is 5.18. The van der Waals surface area contributed by atoms with Crippen LogP contribution >= 0.6 is 11.7 Å². The van der Waals surface area contributed by atoms with E-state index in [0.29, 0.717) is 6.61 Å². The van der Waals surface area contributed by atoms with Crippen molar-refractivity contribution in [2.24, 2.45) is 0 Å². The summed E-state index contributed by atoms with van der Waals surface area (Å²) in [6, 6.07) is 21.8. The van der Waals surface area contributed by atoms with Crippen LogP contribution < -0.4 is 10.1 Å². The van der Waals surface area contributed by atoms with E-state index in [0.717, 1.165) is 52.0 Å². The van der Waals surface area contributed by atoms with Crippen molar-refractivity contribution in [2.45, 2.75) is 13.3 Å². The van der Waals surface area contributed by atoms with Crippen LogP contribution in [-0.4, -0.2) is 34.1 Å². The molecule has 0 unspecified atom stereocenters. The average molecular weight is 432 g/mol. The maximum absolute atomic E-state index is 9.80. The largest absolute Gasteiger partial charge is 0.508 e. The number of aromatic hydroxyl groups is 1. The number of fused-ring (bicyclic) bond motifs is 1. The summed E-state index contributed by atoms with van der Waals surface area (Å²) in [7, 11) is 1.91. The topological polar surface area (TPSA) is 67.3 Å². The zero-order chi connectivity index (χ0) is 21.6. The lowest BCUT2D eigenvalue weighted by atomic mass is 9.88. The van der Waals surface area contributed by atoms with Crippen molar-refractivity contribution in [3.63, 3.8) is 0 Å². The number of rotatable bonds is 8. The second-order valence-corrected chi connectivity index (χ2v) is 7.73. The summed E-state index contributed by atoms with van der Waals surface area (Å²) in [4.78, 5) is 0. The van der Waals surface area contributed by atoms with Gasteiger partial charge in [0.1, 0.15) is 29.1 Å².